The highest BCUT2D eigenvalue weighted by atomic mass is 16.2. The van der Waals surface area contributed by atoms with Gasteiger partial charge in [0.25, 0.3) is 0 Å². The van der Waals surface area contributed by atoms with E-state index in [-0.39, 0.29) is 11.5 Å². The van der Waals surface area contributed by atoms with Gasteiger partial charge in [0.2, 0.25) is 5.91 Å². The zero-order chi connectivity index (χ0) is 14.2. The lowest BCUT2D eigenvalue weighted by molar-refractivity contribution is -0.141. The van der Waals surface area contributed by atoms with Crippen molar-refractivity contribution in [2.75, 3.05) is 19.6 Å². The third kappa shape index (κ3) is 2.24. The lowest BCUT2D eigenvalue weighted by atomic mass is 9.87. The predicted octanol–water partition coefficient (Wildman–Crippen LogP) is 2.66. The molecule has 0 aromatic heterocycles. The van der Waals surface area contributed by atoms with E-state index in [0.29, 0.717) is 5.91 Å². The Hall–Kier alpha value is -1.35. The van der Waals surface area contributed by atoms with Crippen molar-refractivity contribution in [1.82, 2.24) is 10.2 Å². The lowest BCUT2D eigenvalue weighted by Gasteiger charge is -2.33. The molecule has 20 heavy (non-hydrogen) atoms. The van der Waals surface area contributed by atoms with Crippen LogP contribution in [0.5, 0.6) is 0 Å². The maximum absolute atomic E-state index is 13.0. The molecule has 0 aliphatic carbocycles. The number of amides is 1. The van der Waals surface area contributed by atoms with Gasteiger partial charge in [-0.2, -0.15) is 0 Å². The van der Waals surface area contributed by atoms with Gasteiger partial charge in [-0.3, -0.25) is 4.79 Å². The van der Waals surface area contributed by atoms with Gasteiger partial charge in [0.1, 0.15) is 0 Å². The Morgan fingerprint density at radius 3 is 2.90 bits per heavy atom. The third-order valence-corrected chi connectivity index (χ3v) is 4.95. The molecule has 2 aliphatic rings. The van der Waals surface area contributed by atoms with Crippen LogP contribution in [0.1, 0.15) is 43.4 Å². The molecule has 2 heterocycles. The summed E-state index contributed by atoms with van der Waals surface area (Å²) in [5.74, 6) is 0.341. The number of benzene rings is 1. The minimum Gasteiger partial charge on any atom is -0.335 e. The highest BCUT2D eigenvalue weighted by Gasteiger charge is 2.43. The van der Waals surface area contributed by atoms with Gasteiger partial charge in [0.05, 0.1) is 11.5 Å². The smallest absolute Gasteiger partial charge is 0.230 e. The molecular formula is C17H24N2O. The first kappa shape index (κ1) is 13.6. The van der Waals surface area contributed by atoms with Crippen LogP contribution in [-0.4, -0.2) is 30.4 Å². The van der Waals surface area contributed by atoms with Crippen molar-refractivity contribution in [3.05, 3.63) is 35.4 Å². The van der Waals surface area contributed by atoms with Crippen LogP contribution in [0.2, 0.25) is 0 Å². The zero-order valence-electron chi connectivity index (χ0n) is 12.5. The summed E-state index contributed by atoms with van der Waals surface area (Å²) in [6.07, 6.45) is 3.18. The fourth-order valence-corrected chi connectivity index (χ4v) is 3.64. The molecule has 2 unspecified atom stereocenters. The summed E-state index contributed by atoms with van der Waals surface area (Å²) in [5.41, 5.74) is 2.42. The zero-order valence-corrected chi connectivity index (χ0v) is 12.5. The normalized spacial score (nSPS) is 29.9. The van der Waals surface area contributed by atoms with Gasteiger partial charge in [-0.05, 0) is 50.8 Å². The Morgan fingerprint density at radius 2 is 2.20 bits per heavy atom. The van der Waals surface area contributed by atoms with Gasteiger partial charge in [-0.15, -0.1) is 0 Å². The van der Waals surface area contributed by atoms with Crippen LogP contribution >= 0.6 is 0 Å². The van der Waals surface area contributed by atoms with Crippen LogP contribution < -0.4 is 5.32 Å². The Labute approximate surface area is 121 Å². The predicted molar refractivity (Wildman–Crippen MR) is 80.5 cm³/mol. The first-order valence-electron chi connectivity index (χ1n) is 7.69. The largest absolute Gasteiger partial charge is 0.335 e. The second-order valence-corrected chi connectivity index (χ2v) is 6.50. The first-order valence-corrected chi connectivity index (χ1v) is 7.69. The van der Waals surface area contributed by atoms with Crippen molar-refractivity contribution < 1.29 is 4.79 Å². The molecule has 3 rings (SSSR count). The summed E-state index contributed by atoms with van der Waals surface area (Å²) in [4.78, 5) is 15.1. The van der Waals surface area contributed by atoms with Crippen LogP contribution in [0, 0.1) is 12.3 Å². The first-order chi connectivity index (χ1) is 9.62. The third-order valence-electron chi connectivity index (χ3n) is 4.95. The molecule has 0 bridgehead atoms. The van der Waals surface area contributed by atoms with Crippen LogP contribution in [0.4, 0.5) is 0 Å². The van der Waals surface area contributed by atoms with E-state index in [9.17, 15) is 4.79 Å². The van der Waals surface area contributed by atoms with E-state index in [4.69, 9.17) is 0 Å². The van der Waals surface area contributed by atoms with Crippen LogP contribution in [-0.2, 0) is 4.79 Å². The van der Waals surface area contributed by atoms with Crippen molar-refractivity contribution in [2.45, 2.75) is 39.2 Å². The number of nitrogens with zero attached hydrogens (tertiary/aromatic N) is 1. The molecule has 2 aliphatic heterocycles. The molecule has 0 spiro atoms. The molecule has 2 atom stereocenters. The van der Waals surface area contributed by atoms with Gasteiger partial charge in [0, 0.05) is 13.1 Å². The molecule has 0 saturated carbocycles. The van der Waals surface area contributed by atoms with Crippen molar-refractivity contribution in [3.63, 3.8) is 0 Å². The fourth-order valence-electron chi connectivity index (χ4n) is 3.64. The summed E-state index contributed by atoms with van der Waals surface area (Å²) in [6.45, 7) is 6.96. The van der Waals surface area contributed by atoms with E-state index in [1.165, 1.54) is 11.1 Å². The van der Waals surface area contributed by atoms with E-state index < -0.39 is 0 Å². The van der Waals surface area contributed by atoms with Crippen molar-refractivity contribution in [3.8, 4) is 0 Å². The number of carbonyl (C=O) groups excluding carboxylic acids is 1. The summed E-state index contributed by atoms with van der Waals surface area (Å²) < 4.78 is 0. The van der Waals surface area contributed by atoms with Gasteiger partial charge >= 0.3 is 0 Å². The van der Waals surface area contributed by atoms with E-state index in [1.807, 2.05) is 0 Å². The Bertz CT molecular complexity index is 505. The van der Waals surface area contributed by atoms with Gasteiger partial charge < -0.3 is 10.2 Å². The minimum absolute atomic E-state index is 0.203. The fraction of sp³-hybridized carbons (Fsp3) is 0.588. The molecule has 3 nitrogen and oxygen atoms in total. The molecule has 1 N–H and O–H groups in total. The topological polar surface area (TPSA) is 32.3 Å². The number of aryl methyl sites for hydroxylation is 1. The number of rotatable bonds is 2. The number of likely N-dealkylation sites (tertiary alicyclic amines) is 1. The number of hydrogen-bond donors (Lipinski definition) is 1. The van der Waals surface area contributed by atoms with E-state index in [2.05, 4.69) is 48.3 Å². The number of carbonyl (C=O) groups is 1. The van der Waals surface area contributed by atoms with E-state index in [1.54, 1.807) is 0 Å². The Kier molecular flexibility index (Phi) is 3.55. The van der Waals surface area contributed by atoms with Gasteiger partial charge in [0.15, 0.2) is 0 Å². The van der Waals surface area contributed by atoms with Crippen LogP contribution in [0.25, 0.3) is 0 Å². The maximum Gasteiger partial charge on any atom is 0.230 e. The molecular weight excluding hydrogens is 248 g/mol. The van der Waals surface area contributed by atoms with Gasteiger partial charge in [-0.25, -0.2) is 0 Å². The molecule has 1 amide bonds. The Balaban J connectivity index is 1.86. The average Bonchev–Trinajstić information content (AvgIpc) is 3.08. The highest BCUT2D eigenvalue weighted by molar-refractivity contribution is 5.83. The van der Waals surface area contributed by atoms with E-state index >= 15 is 0 Å². The summed E-state index contributed by atoms with van der Waals surface area (Å²) in [5, 5.41) is 3.34. The molecule has 1 aromatic carbocycles. The van der Waals surface area contributed by atoms with Crippen LogP contribution in [0.15, 0.2) is 24.3 Å². The summed E-state index contributed by atoms with van der Waals surface area (Å²) in [6, 6.07) is 8.77. The van der Waals surface area contributed by atoms with Crippen molar-refractivity contribution in [1.29, 1.82) is 0 Å². The van der Waals surface area contributed by atoms with E-state index in [0.717, 1.165) is 38.9 Å². The maximum atomic E-state index is 13.0. The molecule has 2 fully saturated rings. The molecule has 1 aromatic rings. The monoisotopic (exact) mass is 272 g/mol. The quantitative estimate of drug-likeness (QED) is 0.897. The Morgan fingerprint density at radius 1 is 1.40 bits per heavy atom. The minimum atomic E-state index is -0.203. The molecule has 0 radical (unpaired) electrons. The highest BCUT2D eigenvalue weighted by Crippen LogP contribution is 2.38. The number of nitrogens with one attached hydrogen (secondary N) is 1. The summed E-state index contributed by atoms with van der Waals surface area (Å²) >= 11 is 0. The SMILES string of the molecule is Cc1ccccc1C1CCCN1C(=O)C1(C)CCNC1. The average molecular weight is 272 g/mol. The second-order valence-electron chi connectivity index (χ2n) is 6.50. The standard InChI is InChI=1S/C17H24N2O/c1-13-6-3-4-7-14(13)15-8-5-11-19(15)16(20)17(2)9-10-18-12-17/h3-4,6-7,15,18H,5,8-12H2,1-2H3. The lowest BCUT2D eigenvalue weighted by Crippen LogP contribution is -2.43. The summed E-state index contributed by atoms with van der Waals surface area (Å²) in [7, 11) is 0. The molecule has 2 saturated heterocycles. The van der Waals surface area contributed by atoms with Crippen LogP contribution in [0.3, 0.4) is 0 Å². The molecule has 3 heteroatoms. The van der Waals surface area contributed by atoms with Gasteiger partial charge in [-0.1, -0.05) is 24.3 Å². The van der Waals surface area contributed by atoms with Crippen molar-refractivity contribution in [2.24, 2.45) is 5.41 Å². The molecule has 108 valence electrons. The second kappa shape index (κ2) is 5.21. The number of hydrogen-bond acceptors (Lipinski definition) is 2. The van der Waals surface area contributed by atoms with Crippen molar-refractivity contribution >= 4 is 5.91 Å².